The third kappa shape index (κ3) is 4.35. The van der Waals surface area contributed by atoms with Gasteiger partial charge in [-0.3, -0.25) is 4.79 Å². The van der Waals surface area contributed by atoms with Crippen molar-refractivity contribution < 1.29 is 4.79 Å². The van der Waals surface area contributed by atoms with Gasteiger partial charge in [0, 0.05) is 31.4 Å². The lowest BCUT2D eigenvalue weighted by molar-refractivity contribution is 0.0954. The first kappa shape index (κ1) is 16.1. The molecule has 3 heteroatoms. The number of aryl methyl sites for hydroxylation is 1. The summed E-state index contributed by atoms with van der Waals surface area (Å²) in [6.45, 7) is 5.78. The summed E-state index contributed by atoms with van der Waals surface area (Å²) >= 11 is 0. The number of nitrogens with one attached hydrogen (secondary N) is 1. The highest BCUT2D eigenvalue weighted by molar-refractivity contribution is 5.94. The van der Waals surface area contributed by atoms with E-state index in [-0.39, 0.29) is 5.91 Å². The maximum Gasteiger partial charge on any atom is 0.251 e. The molecule has 3 nitrogen and oxygen atoms in total. The maximum absolute atomic E-state index is 12.1. The Balaban J connectivity index is 1.85. The first-order valence-corrected chi connectivity index (χ1v) is 7.75. The van der Waals surface area contributed by atoms with Crippen LogP contribution in [-0.2, 0) is 6.42 Å². The first-order valence-electron chi connectivity index (χ1n) is 7.75. The van der Waals surface area contributed by atoms with Crippen LogP contribution in [0.2, 0.25) is 0 Å². The topological polar surface area (TPSA) is 32.3 Å². The molecule has 0 aliphatic carbocycles. The van der Waals surface area contributed by atoms with Gasteiger partial charge in [-0.1, -0.05) is 29.8 Å². The lowest BCUT2D eigenvalue weighted by atomic mass is 10.1. The quantitative estimate of drug-likeness (QED) is 0.886. The van der Waals surface area contributed by atoms with Crippen LogP contribution < -0.4 is 10.2 Å². The summed E-state index contributed by atoms with van der Waals surface area (Å²) in [6.07, 6.45) is 0.850. The van der Waals surface area contributed by atoms with E-state index in [1.165, 1.54) is 11.1 Å². The largest absolute Gasteiger partial charge is 0.375 e. The summed E-state index contributed by atoms with van der Waals surface area (Å²) in [7, 11) is 2.04. The van der Waals surface area contributed by atoms with Gasteiger partial charge in [-0.15, -0.1) is 0 Å². The van der Waals surface area contributed by atoms with Gasteiger partial charge in [-0.05, 0) is 50.1 Å². The summed E-state index contributed by atoms with van der Waals surface area (Å²) in [5.74, 6) is -0.0159. The Bertz CT molecular complexity index is 602. The molecule has 0 saturated heterocycles. The zero-order valence-electron chi connectivity index (χ0n) is 13.6. The van der Waals surface area contributed by atoms with E-state index in [1.54, 1.807) is 0 Å². The molecular weight excluding hydrogens is 272 g/mol. The summed E-state index contributed by atoms with van der Waals surface area (Å²) in [5.41, 5.74) is 4.33. The van der Waals surface area contributed by atoms with Crippen LogP contribution in [0.5, 0.6) is 0 Å². The molecule has 0 heterocycles. The number of anilines is 1. The Morgan fingerprint density at radius 2 is 1.68 bits per heavy atom. The second kappa shape index (κ2) is 7.64. The van der Waals surface area contributed by atoms with Gasteiger partial charge < -0.3 is 10.2 Å². The highest BCUT2D eigenvalue weighted by Gasteiger charge is 2.06. The van der Waals surface area contributed by atoms with E-state index in [0.717, 1.165) is 18.7 Å². The molecule has 0 atom stereocenters. The number of benzene rings is 2. The van der Waals surface area contributed by atoms with Gasteiger partial charge in [0.25, 0.3) is 5.91 Å². The lowest BCUT2D eigenvalue weighted by Crippen LogP contribution is -2.25. The first-order chi connectivity index (χ1) is 10.6. The number of hydrogen-bond acceptors (Lipinski definition) is 2. The molecule has 0 aliphatic heterocycles. The predicted molar refractivity (Wildman–Crippen MR) is 92.6 cm³/mol. The van der Waals surface area contributed by atoms with Gasteiger partial charge in [0.05, 0.1) is 0 Å². The van der Waals surface area contributed by atoms with Crippen LogP contribution in [0.3, 0.4) is 0 Å². The lowest BCUT2D eigenvalue weighted by Gasteiger charge is -2.16. The van der Waals surface area contributed by atoms with E-state index in [0.29, 0.717) is 12.1 Å². The summed E-state index contributed by atoms with van der Waals surface area (Å²) < 4.78 is 0. The van der Waals surface area contributed by atoms with E-state index in [4.69, 9.17) is 0 Å². The fraction of sp³-hybridized carbons (Fsp3) is 0.316. The molecule has 0 radical (unpaired) electrons. The summed E-state index contributed by atoms with van der Waals surface area (Å²) in [4.78, 5) is 14.3. The molecule has 0 aliphatic rings. The molecule has 0 aromatic heterocycles. The second-order valence-corrected chi connectivity index (χ2v) is 5.55. The van der Waals surface area contributed by atoms with Crippen molar-refractivity contribution in [3.63, 3.8) is 0 Å². The minimum Gasteiger partial charge on any atom is -0.375 e. The molecule has 116 valence electrons. The van der Waals surface area contributed by atoms with Gasteiger partial charge in [-0.25, -0.2) is 0 Å². The Labute approximate surface area is 133 Å². The molecule has 2 aromatic carbocycles. The third-order valence-corrected chi connectivity index (χ3v) is 3.86. The minimum atomic E-state index is -0.0159. The molecule has 1 N–H and O–H groups in total. The van der Waals surface area contributed by atoms with Crippen LogP contribution >= 0.6 is 0 Å². The Hall–Kier alpha value is -2.29. The Morgan fingerprint density at radius 3 is 2.27 bits per heavy atom. The summed E-state index contributed by atoms with van der Waals surface area (Å²) in [5, 5.41) is 2.97. The van der Waals surface area contributed by atoms with Crippen LogP contribution in [0.25, 0.3) is 0 Å². The van der Waals surface area contributed by atoms with Gasteiger partial charge in [0.2, 0.25) is 0 Å². The zero-order chi connectivity index (χ0) is 15.9. The predicted octanol–water partition coefficient (Wildman–Crippen LogP) is 3.42. The second-order valence-electron chi connectivity index (χ2n) is 5.55. The molecular formula is C19H24N2O. The number of hydrogen-bond donors (Lipinski definition) is 1. The van der Waals surface area contributed by atoms with Gasteiger partial charge in [0.15, 0.2) is 0 Å². The Kier molecular flexibility index (Phi) is 5.59. The van der Waals surface area contributed by atoms with Crippen molar-refractivity contribution in [2.75, 3.05) is 25.0 Å². The molecule has 1 amide bonds. The van der Waals surface area contributed by atoms with Crippen molar-refractivity contribution in [3.8, 4) is 0 Å². The van der Waals surface area contributed by atoms with Crippen LogP contribution in [0.4, 0.5) is 5.69 Å². The molecule has 0 saturated carbocycles. The van der Waals surface area contributed by atoms with Crippen LogP contribution in [-0.4, -0.2) is 26.0 Å². The van der Waals surface area contributed by atoms with E-state index < -0.39 is 0 Å². The van der Waals surface area contributed by atoms with Crippen molar-refractivity contribution in [1.82, 2.24) is 5.32 Å². The maximum atomic E-state index is 12.1. The van der Waals surface area contributed by atoms with E-state index in [9.17, 15) is 4.79 Å². The normalized spacial score (nSPS) is 10.3. The average molecular weight is 296 g/mol. The monoisotopic (exact) mass is 296 g/mol. The fourth-order valence-corrected chi connectivity index (χ4v) is 2.23. The molecule has 2 aromatic rings. The summed E-state index contributed by atoms with van der Waals surface area (Å²) in [6, 6.07) is 16.1. The van der Waals surface area contributed by atoms with E-state index >= 15 is 0 Å². The van der Waals surface area contributed by atoms with Crippen molar-refractivity contribution in [1.29, 1.82) is 0 Å². The third-order valence-electron chi connectivity index (χ3n) is 3.86. The number of carbonyl (C=O) groups excluding carboxylic acids is 1. The number of amides is 1. The molecule has 0 spiro atoms. The van der Waals surface area contributed by atoms with Crippen molar-refractivity contribution >= 4 is 11.6 Å². The van der Waals surface area contributed by atoms with Crippen molar-refractivity contribution in [2.45, 2.75) is 20.3 Å². The molecule has 22 heavy (non-hydrogen) atoms. The van der Waals surface area contributed by atoms with Crippen LogP contribution in [0.15, 0.2) is 48.5 Å². The molecule has 2 rings (SSSR count). The number of carbonyl (C=O) groups is 1. The smallest absolute Gasteiger partial charge is 0.251 e. The van der Waals surface area contributed by atoms with Crippen LogP contribution in [0, 0.1) is 6.92 Å². The van der Waals surface area contributed by atoms with Gasteiger partial charge in [0.1, 0.15) is 0 Å². The molecule has 0 unspecified atom stereocenters. The Morgan fingerprint density at radius 1 is 1.05 bits per heavy atom. The highest BCUT2D eigenvalue weighted by Crippen LogP contribution is 2.13. The van der Waals surface area contributed by atoms with Gasteiger partial charge in [-0.2, -0.15) is 0 Å². The fourth-order valence-electron chi connectivity index (χ4n) is 2.23. The van der Waals surface area contributed by atoms with Crippen LogP contribution in [0.1, 0.15) is 28.4 Å². The van der Waals surface area contributed by atoms with E-state index in [1.807, 2.05) is 31.3 Å². The molecule has 0 bridgehead atoms. The van der Waals surface area contributed by atoms with Crippen molar-refractivity contribution in [2.24, 2.45) is 0 Å². The SMILES string of the molecule is CCN(C)c1ccc(C(=O)NCCc2ccc(C)cc2)cc1. The van der Waals surface area contributed by atoms with Crippen molar-refractivity contribution in [3.05, 3.63) is 65.2 Å². The average Bonchev–Trinajstić information content (AvgIpc) is 2.56. The highest BCUT2D eigenvalue weighted by atomic mass is 16.1. The molecule has 0 fully saturated rings. The standard InChI is InChI=1S/C19H24N2O/c1-4-21(3)18-11-9-17(10-12-18)19(22)20-14-13-16-7-5-15(2)6-8-16/h5-12H,4,13-14H2,1-3H3,(H,20,22). The van der Waals surface area contributed by atoms with Gasteiger partial charge >= 0.3 is 0 Å². The van der Waals surface area contributed by atoms with E-state index in [2.05, 4.69) is 48.3 Å². The minimum absolute atomic E-state index is 0.0159. The number of nitrogens with zero attached hydrogens (tertiary/aromatic N) is 1. The zero-order valence-corrected chi connectivity index (χ0v) is 13.6. The number of rotatable bonds is 6.